The van der Waals surface area contributed by atoms with E-state index in [1.165, 1.54) is 17.2 Å². The van der Waals surface area contributed by atoms with Crippen molar-refractivity contribution in [2.24, 2.45) is 0 Å². The lowest BCUT2D eigenvalue weighted by Crippen LogP contribution is -2.33. The molecule has 3 N–H and O–H groups in total. The van der Waals surface area contributed by atoms with Crippen molar-refractivity contribution >= 4 is 12.0 Å². The molecule has 0 fully saturated rings. The van der Waals surface area contributed by atoms with Crippen LogP contribution in [0.1, 0.15) is 29.2 Å². The van der Waals surface area contributed by atoms with Crippen molar-refractivity contribution in [2.45, 2.75) is 25.4 Å². The molecule has 1 aliphatic carbocycles. The fraction of sp³-hybridized carbons (Fsp3) is 0.292. The maximum Gasteiger partial charge on any atom is 0.267 e. The number of amides is 1. The molecule has 1 atom stereocenters. The Morgan fingerprint density at radius 2 is 2.06 bits per heavy atom. The first-order valence-corrected chi connectivity index (χ1v) is 10.7. The van der Waals surface area contributed by atoms with Gasteiger partial charge < -0.3 is 5.11 Å². The summed E-state index contributed by atoms with van der Waals surface area (Å²) in [6, 6.07) is 16.4. The lowest BCUT2D eigenvalue weighted by Gasteiger charge is -2.29. The monoisotopic (exact) mass is 433 g/mol. The first kappa shape index (κ1) is 21.9. The summed E-state index contributed by atoms with van der Waals surface area (Å²) in [6.07, 6.45) is 6.85. The van der Waals surface area contributed by atoms with Crippen molar-refractivity contribution in [3.63, 3.8) is 0 Å². The van der Waals surface area contributed by atoms with Crippen molar-refractivity contribution in [1.82, 2.24) is 25.4 Å². The zero-order chi connectivity index (χ0) is 22.3. The number of carbonyl (C=O) groups excluding carboxylic acids is 1. The molecular formula is C24H27N5O3. The lowest BCUT2D eigenvalue weighted by atomic mass is 10.0. The Bertz CT molecular complexity index is 1080. The molecule has 4 rings (SSSR count). The average molecular weight is 434 g/mol. The van der Waals surface area contributed by atoms with Crippen molar-refractivity contribution in [3.8, 4) is 11.3 Å². The predicted octanol–water partition coefficient (Wildman–Crippen LogP) is 2.45. The highest BCUT2D eigenvalue weighted by Crippen LogP contribution is 2.36. The van der Waals surface area contributed by atoms with Gasteiger partial charge in [-0.3, -0.25) is 19.6 Å². The summed E-state index contributed by atoms with van der Waals surface area (Å²) in [5.74, 6) is -0.555. The van der Waals surface area contributed by atoms with Crippen LogP contribution >= 0.6 is 0 Å². The molecule has 1 heterocycles. The molecule has 0 saturated carbocycles. The highest BCUT2D eigenvalue weighted by atomic mass is 16.5. The average Bonchev–Trinajstić information content (AvgIpc) is 3.48. The molecule has 2 aromatic carbocycles. The Kier molecular flexibility index (Phi) is 7.06. The largest absolute Gasteiger partial charge is 0.395 e. The van der Waals surface area contributed by atoms with Crippen LogP contribution in [0.3, 0.4) is 0 Å². The third-order valence-corrected chi connectivity index (χ3v) is 5.80. The number of aliphatic hydroxyl groups excluding tert-OH is 1. The predicted molar refractivity (Wildman–Crippen MR) is 121 cm³/mol. The summed E-state index contributed by atoms with van der Waals surface area (Å²) < 4.78 is 1.85. The van der Waals surface area contributed by atoms with Gasteiger partial charge in [0.2, 0.25) is 0 Å². The Morgan fingerprint density at radius 3 is 2.84 bits per heavy atom. The smallest absolute Gasteiger partial charge is 0.267 e. The van der Waals surface area contributed by atoms with Crippen LogP contribution in [0.5, 0.6) is 0 Å². The number of hydrogen-bond acceptors (Lipinski definition) is 6. The third-order valence-electron chi connectivity index (χ3n) is 5.80. The zero-order valence-corrected chi connectivity index (χ0v) is 17.8. The van der Waals surface area contributed by atoms with Crippen molar-refractivity contribution in [2.75, 3.05) is 19.7 Å². The minimum absolute atomic E-state index is 0.0928. The van der Waals surface area contributed by atoms with E-state index < -0.39 is 5.91 Å². The van der Waals surface area contributed by atoms with E-state index in [-0.39, 0.29) is 12.6 Å². The topological polar surface area (TPSA) is 104 Å². The first-order valence-electron chi connectivity index (χ1n) is 10.7. The molecule has 1 aromatic heterocycles. The molecule has 0 spiro atoms. The van der Waals surface area contributed by atoms with E-state index >= 15 is 0 Å². The van der Waals surface area contributed by atoms with Crippen molar-refractivity contribution in [1.29, 1.82) is 0 Å². The number of rotatable bonds is 9. The van der Waals surface area contributed by atoms with Crippen molar-refractivity contribution < 1.29 is 15.1 Å². The SMILES string of the molecule is O=C(C=Cc1ccc2c(c1)CCC2N(CCO)CCn1cc(-c2ccccc2)nn1)NO. The van der Waals surface area contributed by atoms with Crippen molar-refractivity contribution in [3.05, 3.63) is 77.5 Å². The number of aromatic nitrogens is 3. The van der Waals surface area contributed by atoms with Crippen LogP contribution in [0.2, 0.25) is 0 Å². The summed E-state index contributed by atoms with van der Waals surface area (Å²) in [5.41, 5.74) is 6.90. The fourth-order valence-electron chi connectivity index (χ4n) is 4.24. The Hall–Kier alpha value is -3.33. The summed E-state index contributed by atoms with van der Waals surface area (Å²) in [5, 5.41) is 26.8. The highest BCUT2D eigenvalue weighted by molar-refractivity contribution is 5.90. The van der Waals surface area contributed by atoms with Gasteiger partial charge in [0.25, 0.3) is 5.91 Å². The van der Waals surface area contributed by atoms with Gasteiger partial charge in [-0.05, 0) is 35.6 Å². The molecule has 8 nitrogen and oxygen atoms in total. The molecule has 0 bridgehead atoms. The molecule has 0 radical (unpaired) electrons. The number of hydrogen-bond donors (Lipinski definition) is 3. The summed E-state index contributed by atoms with van der Waals surface area (Å²) in [4.78, 5) is 13.5. The Labute approximate surface area is 186 Å². The maximum absolute atomic E-state index is 11.2. The van der Waals surface area contributed by atoms with E-state index in [9.17, 15) is 9.90 Å². The van der Waals surface area contributed by atoms with Gasteiger partial charge in [-0.2, -0.15) is 0 Å². The van der Waals surface area contributed by atoms with Crippen LogP contribution in [-0.4, -0.2) is 55.8 Å². The number of carbonyl (C=O) groups is 1. The van der Waals surface area contributed by atoms with Gasteiger partial charge in [-0.1, -0.05) is 53.7 Å². The van der Waals surface area contributed by atoms with Crippen LogP contribution < -0.4 is 5.48 Å². The quantitative estimate of drug-likeness (QED) is 0.272. The van der Waals surface area contributed by atoms with Crippen LogP contribution in [0.25, 0.3) is 17.3 Å². The minimum atomic E-state index is -0.555. The van der Waals surface area contributed by atoms with E-state index in [4.69, 9.17) is 5.21 Å². The molecule has 32 heavy (non-hydrogen) atoms. The van der Waals surface area contributed by atoms with Gasteiger partial charge in [0.15, 0.2) is 0 Å². The number of fused-ring (bicyclic) bond motifs is 1. The lowest BCUT2D eigenvalue weighted by molar-refractivity contribution is -0.124. The van der Waals surface area contributed by atoms with Gasteiger partial charge in [0.05, 0.1) is 19.3 Å². The zero-order valence-electron chi connectivity index (χ0n) is 17.8. The van der Waals surface area contributed by atoms with E-state index in [1.54, 1.807) is 11.6 Å². The number of aryl methyl sites for hydroxylation is 1. The van der Waals surface area contributed by atoms with Crippen LogP contribution in [0.15, 0.2) is 60.8 Å². The van der Waals surface area contributed by atoms with Crippen LogP contribution in [0, 0.1) is 0 Å². The van der Waals surface area contributed by atoms with Gasteiger partial charge in [-0.25, -0.2) is 5.48 Å². The Balaban J connectivity index is 1.43. The standard InChI is InChI=1S/C24H27N5O3/c30-15-14-28(12-13-29-17-22(25-27-29)19-4-2-1-3-5-19)23-10-8-20-16-18(6-9-21(20)23)7-11-24(31)26-32/h1-7,9,11,16-17,23,30,32H,8,10,12-15H2,(H,26,31). The molecule has 1 aliphatic rings. The van der Waals surface area contributed by atoms with Gasteiger partial charge in [0.1, 0.15) is 5.69 Å². The molecule has 0 aliphatic heterocycles. The maximum atomic E-state index is 11.2. The molecule has 3 aromatic rings. The molecule has 166 valence electrons. The van der Waals surface area contributed by atoms with Crippen LogP contribution in [-0.2, 0) is 17.8 Å². The second-order valence-corrected chi connectivity index (χ2v) is 7.81. The molecule has 1 amide bonds. The Morgan fingerprint density at radius 1 is 1.22 bits per heavy atom. The minimum Gasteiger partial charge on any atom is -0.395 e. The molecule has 1 unspecified atom stereocenters. The van der Waals surface area contributed by atoms with Gasteiger partial charge in [-0.15, -0.1) is 5.10 Å². The first-order chi connectivity index (χ1) is 15.7. The highest BCUT2D eigenvalue weighted by Gasteiger charge is 2.27. The summed E-state index contributed by atoms with van der Waals surface area (Å²) >= 11 is 0. The second kappa shape index (κ2) is 10.3. The number of aliphatic hydroxyl groups is 1. The fourth-order valence-corrected chi connectivity index (χ4v) is 4.24. The second-order valence-electron chi connectivity index (χ2n) is 7.81. The number of benzene rings is 2. The van der Waals surface area contributed by atoms with Gasteiger partial charge >= 0.3 is 0 Å². The summed E-state index contributed by atoms with van der Waals surface area (Å²) in [6.45, 7) is 2.11. The number of nitrogens with zero attached hydrogens (tertiary/aromatic N) is 4. The number of hydroxylamine groups is 1. The van der Waals surface area contributed by atoms with E-state index in [1.807, 2.05) is 47.3 Å². The van der Waals surface area contributed by atoms with E-state index in [2.05, 4.69) is 27.3 Å². The van der Waals surface area contributed by atoms with E-state index in [0.29, 0.717) is 13.1 Å². The number of nitrogens with one attached hydrogen (secondary N) is 1. The van der Waals surface area contributed by atoms with Crippen LogP contribution in [0.4, 0.5) is 0 Å². The summed E-state index contributed by atoms with van der Waals surface area (Å²) in [7, 11) is 0. The normalized spacial score (nSPS) is 15.4. The molecule has 8 heteroatoms. The van der Waals surface area contributed by atoms with E-state index in [0.717, 1.165) is 36.2 Å². The molecule has 0 saturated heterocycles. The van der Waals surface area contributed by atoms with Gasteiger partial charge in [0, 0.05) is 30.8 Å². The third kappa shape index (κ3) is 5.11. The molecular weight excluding hydrogens is 406 g/mol.